The van der Waals surface area contributed by atoms with Gasteiger partial charge in [-0.25, -0.2) is 0 Å². The smallest absolute Gasteiger partial charge is 0.0542 e. The molecule has 10 rings (SSSR count). The van der Waals surface area contributed by atoms with E-state index in [1.54, 1.807) is 0 Å². The number of aromatic nitrogens is 1. The van der Waals surface area contributed by atoms with Gasteiger partial charge in [0.2, 0.25) is 0 Å². The third-order valence-corrected chi connectivity index (χ3v) is 11.0. The SMILES string of the molecule is c1ccc(-c2ccc(N(c3ccc4c(c3)sc3c5ccccc5ccc43)c3ccc4c(c3)c3ccccc3n4-c3ccccc3)cc2)cc1. The van der Waals surface area contributed by atoms with E-state index in [1.807, 2.05) is 11.3 Å². The van der Waals surface area contributed by atoms with E-state index in [9.17, 15) is 0 Å². The summed E-state index contributed by atoms with van der Waals surface area (Å²) in [6.45, 7) is 0. The molecule has 0 saturated carbocycles. The molecule has 8 aromatic carbocycles. The molecule has 230 valence electrons. The molecule has 0 bridgehead atoms. The molecule has 3 heteroatoms. The lowest BCUT2D eigenvalue weighted by molar-refractivity contribution is 1.18. The maximum absolute atomic E-state index is 2.41. The standard InChI is InChI=1S/C46H30N2S/c1-3-11-31(12-4-1)32-19-22-35(23-20-32)47(37-24-27-40-41-26-21-33-13-7-8-16-38(33)46(41)49-45(40)30-37)36-25-28-44-42(29-36)39-17-9-10-18-43(39)48(44)34-14-5-2-6-15-34/h1-30H. The van der Waals surface area contributed by atoms with Crippen LogP contribution in [0.4, 0.5) is 17.1 Å². The van der Waals surface area contributed by atoms with Gasteiger partial charge in [-0.2, -0.15) is 0 Å². The first-order valence-corrected chi connectivity index (χ1v) is 17.5. The van der Waals surface area contributed by atoms with Crippen LogP contribution in [0, 0.1) is 0 Å². The average Bonchev–Trinajstić information content (AvgIpc) is 3.71. The van der Waals surface area contributed by atoms with E-state index in [-0.39, 0.29) is 0 Å². The van der Waals surface area contributed by atoms with Crippen molar-refractivity contribution in [2.24, 2.45) is 0 Å². The van der Waals surface area contributed by atoms with Gasteiger partial charge >= 0.3 is 0 Å². The monoisotopic (exact) mass is 642 g/mol. The largest absolute Gasteiger partial charge is 0.310 e. The quantitative estimate of drug-likeness (QED) is 0.181. The molecule has 0 N–H and O–H groups in total. The summed E-state index contributed by atoms with van der Waals surface area (Å²) < 4.78 is 5.01. The van der Waals surface area contributed by atoms with Crippen LogP contribution in [0.5, 0.6) is 0 Å². The number of thiophene rings is 1. The van der Waals surface area contributed by atoms with Gasteiger partial charge in [0.05, 0.1) is 11.0 Å². The molecular formula is C46H30N2S. The third-order valence-electron chi connectivity index (χ3n) is 9.77. The lowest BCUT2D eigenvalue weighted by atomic mass is 10.0. The summed E-state index contributed by atoms with van der Waals surface area (Å²) in [7, 11) is 0. The molecule has 0 amide bonds. The van der Waals surface area contributed by atoms with Gasteiger partial charge in [0, 0.05) is 53.7 Å². The molecule has 0 fully saturated rings. The fraction of sp³-hybridized carbons (Fsp3) is 0. The molecule has 0 spiro atoms. The van der Waals surface area contributed by atoms with Gasteiger partial charge in [-0.1, -0.05) is 121 Å². The Morgan fingerprint density at radius 3 is 1.84 bits per heavy atom. The maximum Gasteiger partial charge on any atom is 0.0542 e. The minimum Gasteiger partial charge on any atom is -0.310 e. The maximum atomic E-state index is 2.41. The van der Waals surface area contributed by atoms with E-state index >= 15 is 0 Å². The number of para-hydroxylation sites is 2. The van der Waals surface area contributed by atoms with Gasteiger partial charge in [0.15, 0.2) is 0 Å². The van der Waals surface area contributed by atoms with Crippen LogP contribution in [-0.2, 0) is 0 Å². The van der Waals surface area contributed by atoms with Crippen molar-refractivity contribution in [3.8, 4) is 16.8 Å². The van der Waals surface area contributed by atoms with Crippen molar-refractivity contribution in [1.82, 2.24) is 4.57 Å². The normalized spacial score (nSPS) is 11.7. The highest BCUT2D eigenvalue weighted by Crippen LogP contribution is 2.44. The van der Waals surface area contributed by atoms with Gasteiger partial charge in [-0.3, -0.25) is 0 Å². The number of hydrogen-bond donors (Lipinski definition) is 0. The van der Waals surface area contributed by atoms with Crippen LogP contribution < -0.4 is 4.90 Å². The van der Waals surface area contributed by atoms with E-state index in [4.69, 9.17) is 0 Å². The molecule has 0 saturated heterocycles. The Kier molecular flexibility index (Phi) is 6.39. The Morgan fingerprint density at radius 2 is 1.00 bits per heavy atom. The third kappa shape index (κ3) is 4.55. The van der Waals surface area contributed by atoms with E-state index in [1.165, 1.54) is 63.9 Å². The van der Waals surface area contributed by atoms with E-state index < -0.39 is 0 Å². The summed E-state index contributed by atoms with van der Waals surface area (Å²) >= 11 is 1.89. The van der Waals surface area contributed by atoms with Gasteiger partial charge in [-0.05, 0) is 82.6 Å². The number of fused-ring (bicyclic) bond motifs is 8. The molecule has 0 unspecified atom stereocenters. The molecule has 0 aliphatic heterocycles. The molecular weight excluding hydrogens is 613 g/mol. The van der Waals surface area contributed by atoms with Gasteiger partial charge < -0.3 is 9.47 Å². The number of rotatable bonds is 5. The highest BCUT2D eigenvalue weighted by Gasteiger charge is 2.19. The van der Waals surface area contributed by atoms with Gasteiger partial charge in [0.1, 0.15) is 0 Å². The van der Waals surface area contributed by atoms with Gasteiger partial charge in [-0.15, -0.1) is 11.3 Å². The molecule has 2 heterocycles. The fourth-order valence-electron chi connectivity index (χ4n) is 7.47. The average molecular weight is 643 g/mol. The summed E-state index contributed by atoms with van der Waals surface area (Å²) in [5, 5.41) is 7.70. The number of anilines is 3. The second-order valence-corrected chi connectivity index (χ2v) is 13.6. The van der Waals surface area contributed by atoms with Crippen molar-refractivity contribution < 1.29 is 0 Å². The first-order valence-electron chi connectivity index (χ1n) is 16.7. The predicted octanol–water partition coefficient (Wildman–Crippen LogP) is 13.4. The Bertz CT molecular complexity index is 2810. The second-order valence-electron chi connectivity index (χ2n) is 12.6. The van der Waals surface area contributed by atoms with Crippen molar-refractivity contribution in [3.05, 3.63) is 182 Å². The molecule has 0 radical (unpaired) electrons. The first-order chi connectivity index (χ1) is 24.3. The summed E-state index contributed by atoms with van der Waals surface area (Å²) in [6, 6.07) is 66.1. The topological polar surface area (TPSA) is 8.17 Å². The Morgan fingerprint density at radius 1 is 0.388 bits per heavy atom. The van der Waals surface area contributed by atoms with Gasteiger partial charge in [0.25, 0.3) is 0 Å². The van der Waals surface area contributed by atoms with E-state index in [0.29, 0.717) is 0 Å². The Hall–Kier alpha value is -6.16. The number of nitrogens with zero attached hydrogens (tertiary/aromatic N) is 2. The van der Waals surface area contributed by atoms with Crippen LogP contribution in [0.15, 0.2) is 182 Å². The molecule has 49 heavy (non-hydrogen) atoms. The number of hydrogen-bond acceptors (Lipinski definition) is 2. The molecule has 2 aromatic heterocycles. The molecule has 0 atom stereocenters. The molecule has 0 aliphatic carbocycles. The fourth-order valence-corrected chi connectivity index (χ4v) is 8.74. The molecule has 0 aliphatic rings. The van der Waals surface area contributed by atoms with Crippen LogP contribution in [0.3, 0.4) is 0 Å². The predicted molar refractivity (Wildman–Crippen MR) is 211 cm³/mol. The zero-order chi connectivity index (χ0) is 32.3. The van der Waals surface area contributed by atoms with Crippen molar-refractivity contribution in [3.63, 3.8) is 0 Å². The van der Waals surface area contributed by atoms with Crippen molar-refractivity contribution in [1.29, 1.82) is 0 Å². The summed E-state index contributed by atoms with van der Waals surface area (Å²) in [5.74, 6) is 0. The van der Waals surface area contributed by atoms with Crippen LogP contribution >= 0.6 is 11.3 Å². The van der Waals surface area contributed by atoms with Crippen molar-refractivity contribution >= 4 is 81.1 Å². The second kappa shape index (κ2) is 11.2. The first kappa shape index (κ1) is 27.9. The lowest BCUT2D eigenvalue weighted by Crippen LogP contribution is -2.09. The zero-order valence-electron chi connectivity index (χ0n) is 26.6. The molecule has 2 nitrogen and oxygen atoms in total. The Labute approximate surface area is 288 Å². The van der Waals surface area contributed by atoms with E-state index in [2.05, 4.69) is 191 Å². The van der Waals surface area contributed by atoms with Crippen molar-refractivity contribution in [2.45, 2.75) is 0 Å². The van der Waals surface area contributed by atoms with Crippen molar-refractivity contribution in [2.75, 3.05) is 4.90 Å². The highest BCUT2D eigenvalue weighted by molar-refractivity contribution is 7.26. The zero-order valence-corrected chi connectivity index (χ0v) is 27.4. The number of benzene rings is 8. The Balaban J connectivity index is 1.18. The van der Waals surface area contributed by atoms with Crippen LogP contribution in [0.1, 0.15) is 0 Å². The summed E-state index contributed by atoms with van der Waals surface area (Å²) in [4.78, 5) is 2.41. The minimum absolute atomic E-state index is 1.12. The van der Waals surface area contributed by atoms with Crippen LogP contribution in [0.25, 0.3) is 69.6 Å². The summed E-state index contributed by atoms with van der Waals surface area (Å²) in [6.07, 6.45) is 0. The van der Waals surface area contributed by atoms with E-state index in [0.717, 1.165) is 22.7 Å². The molecule has 10 aromatic rings. The highest BCUT2D eigenvalue weighted by atomic mass is 32.1. The summed E-state index contributed by atoms with van der Waals surface area (Å²) in [5.41, 5.74) is 9.38. The lowest BCUT2D eigenvalue weighted by Gasteiger charge is -2.26. The van der Waals surface area contributed by atoms with Crippen LogP contribution in [0.2, 0.25) is 0 Å². The minimum atomic E-state index is 1.12. The van der Waals surface area contributed by atoms with Crippen LogP contribution in [-0.4, -0.2) is 4.57 Å².